The fourth-order valence-corrected chi connectivity index (χ4v) is 1.35. The van der Waals surface area contributed by atoms with Crippen molar-refractivity contribution in [3.05, 3.63) is 42.0 Å². The molecule has 0 radical (unpaired) electrons. The third-order valence-electron chi connectivity index (χ3n) is 2.26. The van der Waals surface area contributed by atoms with Crippen LogP contribution in [0, 0.1) is 0 Å². The molecule has 4 nitrogen and oxygen atoms in total. The second kappa shape index (κ2) is 6.70. The van der Waals surface area contributed by atoms with Gasteiger partial charge in [-0.2, -0.15) is 0 Å². The lowest BCUT2D eigenvalue weighted by molar-refractivity contribution is -0.133. The molecule has 92 valence electrons. The van der Waals surface area contributed by atoms with E-state index in [1.807, 2.05) is 18.2 Å². The van der Waals surface area contributed by atoms with E-state index in [-0.39, 0.29) is 18.6 Å². The second-order valence-electron chi connectivity index (χ2n) is 3.60. The summed E-state index contributed by atoms with van der Waals surface area (Å²) in [5.41, 5.74) is 0.189. The summed E-state index contributed by atoms with van der Waals surface area (Å²) in [4.78, 5) is 10.7. The SMILES string of the molecule is C/C=C(/CC(O)COc1ccccc1)C(=O)O. The van der Waals surface area contributed by atoms with Crippen LogP contribution in [-0.4, -0.2) is 28.9 Å². The van der Waals surface area contributed by atoms with E-state index in [2.05, 4.69) is 0 Å². The summed E-state index contributed by atoms with van der Waals surface area (Å²) in [6.07, 6.45) is 0.740. The summed E-state index contributed by atoms with van der Waals surface area (Å²) < 4.78 is 5.32. The molecule has 1 aromatic carbocycles. The van der Waals surface area contributed by atoms with Gasteiger partial charge in [0.25, 0.3) is 0 Å². The van der Waals surface area contributed by atoms with Crippen LogP contribution >= 0.6 is 0 Å². The minimum Gasteiger partial charge on any atom is -0.491 e. The van der Waals surface area contributed by atoms with Gasteiger partial charge in [-0.1, -0.05) is 24.3 Å². The van der Waals surface area contributed by atoms with E-state index < -0.39 is 12.1 Å². The fraction of sp³-hybridized carbons (Fsp3) is 0.308. The Balaban J connectivity index is 2.40. The smallest absolute Gasteiger partial charge is 0.331 e. The number of carbonyl (C=O) groups is 1. The third kappa shape index (κ3) is 4.70. The molecule has 1 aromatic rings. The lowest BCUT2D eigenvalue weighted by atomic mass is 10.1. The minimum atomic E-state index is -1.01. The van der Waals surface area contributed by atoms with E-state index in [1.165, 1.54) is 6.08 Å². The van der Waals surface area contributed by atoms with Gasteiger partial charge in [-0.3, -0.25) is 0 Å². The number of ether oxygens (including phenoxy) is 1. The number of aliphatic carboxylic acids is 1. The molecule has 0 fully saturated rings. The first-order valence-electron chi connectivity index (χ1n) is 5.38. The molecule has 0 spiro atoms. The Bertz CT molecular complexity index is 384. The van der Waals surface area contributed by atoms with Gasteiger partial charge in [0.15, 0.2) is 0 Å². The molecule has 2 N–H and O–H groups in total. The van der Waals surface area contributed by atoms with Crippen LogP contribution in [-0.2, 0) is 4.79 Å². The molecule has 0 saturated carbocycles. The molecule has 1 rings (SSSR count). The number of carboxylic acids is 1. The largest absolute Gasteiger partial charge is 0.491 e. The number of carboxylic acid groups (broad SMARTS) is 1. The van der Waals surface area contributed by atoms with Crippen LogP contribution in [0.15, 0.2) is 42.0 Å². The number of aliphatic hydroxyl groups is 1. The summed E-state index contributed by atoms with van der Waals surface area (Å²) in [6.45, 7) is 1.71. The number of rotatable bonds is 6. The first-order chi connectivity index (χ1) is 8.13. The van der Waals surface area contributed by atoms with Crippen molar-refractivity contribution in [3.63, 3.8) is 0 Å². The quantitative estimate of drug-likeness (QED) is 0.740. The molecular weight excluding hydrogens is 220 g/mol. The third-order valence-corrected chi connectivity index (χ3v) is 2.26. The Kier molecular flexibility index (Phi) is 5.23. The number of para-hydroxylation sites is 1. The van der Waals surface area contributed by atoms with Gasteiger partial charge in [-0.15, -0.1) is 0 Å². The van der Waals surface area contributed by atoms with Crippen LogP contribution in [0.25, 0.3) is 0 Å². The highest BCUT2D eigenvalue weighted by Crippen LogP contribution is 2.11. The van der Waals surface area contributed by atoms with Crippen molar-refractivity contribution in [2.24, 2.45) is 0 Å². The van der Waals surface area contributed by atoms with Crippen LogP contribution in [0.5, 0.6) is 5.75 Å². The van der Waals surface area contributed by atoms with Crippen molar-refractivity contribution < 1.29 is 19.7 Å². The first kappa shape index (κ1) is 13.3. The van der Waals surface area contributed by atoms with Crippen LogP contribution in [0.2, 0.25) is 0 Å². The van der Waals surface area contributed by atoms with Crippen molar-refractivity contribution in [3.8, 4) is 5.75 Å². The summed E-state index contributed by atoms with van der Waals surface area (Å²) in [7, 11) is 0. The van der Waals surface area contributed by atoms with E-state index in [4.69, 9.17) is 9.84 Å². The Morgan fingerprint density at radius 1 is 1.41 bits per heavy atom. The topological polar surface area (TPSA) is 66.8 Å². The number of allylic oxidation sites excluding steroid dienone is 1. The van der Waals surface area contributed by atoms with Gasteiger partial charge in [0.1, 0.15) is 12.4 Å². The maximum Gasteiger partial charge on any atom is 0.331 e. The summed E-state index contributed by atoms with van der Waals surface area (Å²) >= 11 is 0. The Labute approximate surface area is 100 Å². The molecule has 0 amide bonds. The molecule has 0 saturated heterocycles. The lowest BCUT2D eigenvalue weighted by Crippen LogP contribution is -2.20. The zero-order chi connectivity index (χ0) is 12.7. The Morgan fingerprint density at radius 2 is 2.06 bits per heavy atom. The van der Waals surface area contributed by atoms with Crippen molar-refractivity contribution in [2.45, 2.75) is 19.4 Å². The number of aliphatic hydroxyl groups excluding tert-OH is 1. The van der Waals surface area contributed by atoms with Crippen molar-refractivity contribution >= 4 is 5.97 Å². The first-order valence-corrected chi connectivity index (χ1v) is 5.38. The van der Waals surface area contributed by atoms with Crippen LogP contribution in [0.3, 0.4) is 0 Å². The molecule has 0 heterocycles. The van der Waals surface area contributed by atoms with Gasteiger partial charge in [-0.05, 0) is 19.1 Å². The number of benzene rings is 1. The molecule has 1 unspecified atom stereocenters. The Hall–Kier alpha value is -1.81. The molecule has 0 aliphatic heterocycles. The fourth-order valence-electron chi connectivity index (χ4n) is 1.35. The molecular formula is C13H16O4. The highest BCUT2D eigenvalue weighted by Gasteiger charge is 2.13. The van der Waals surface area contributed by atoms with E-state index in [0.29, 0.717) is 5.75 Å². The average molecular weight is 236 g/mol. The molecule has 0 aromatic heterocycles. The van der Waals surface area contributed by atoms with Gasteiger partial charge >= 0.3 is 5.97 Å². The maximum atomic E-state index is 10.7. The van der Waals surface area contributed by atoms with Crippen LogP contribution < -0.4 is 4.74 Å². The Morgan fingerprint density at radius 3 is 2.59 bits per heavy atom. The van der Waals surface area contributed by atoms with Crippen molar-refractivity contribution in [2.75, 3.05) is 6.61 Å². The summed E-state index contributed by atoms with van der Waals surface area (Å²) in [5, 5.41) is 18.4. The average Bonchev–Trinajstić information content (AvgIpc) is 2.34. The number of hydrogen-bond acceptors (Lipinski definition) is 3. The van der Waals surface area contributed by atoms with Gasteiger partial charge < -0.3 is 14.9 Å². The number of hydrogen-bond donors (Lipinski definition) is 2. The highest BCUT2D eigenvalue weighted by atomic mass is 16.5. The predicted octanol–water partition coefficient (Wildman–Crippen LogP) is 1.85. The van der Waals surface area contributed by atoms with E-state index in [1.54, 1.807) is 19.1 Å². The molecule has 0 aliphatic rings. The van der Waals surface area contributed by atoms with Gasteiger partial charge in [0, 0.05) is 12.0 Å². The second-order valence-corrected chi connectivity index (χ2v) is 3.60. The van der Waals surface area contributed by atoms with Crippen molar-refractivity contribution in [1.29, 1.82) is 0 Å². The monoisotopic (exact) mass is 236 g/mol. The van der Waals surface area contributed by atoms with E-state index in [0.717, 1.165) is 0 Å². The zero-order valence-corrected chi connectivity index (χ0v) is 9.67. The van der Waals surface area contributed by atoms with E-state index >= 15 is 0 Å². The van der Waals surface area contributed by atoms with Crippen LogP contribution in [0.4, 0.5) is 0 Å². The highest BCUT2D eigenvalue weighted by molar-refractivity contribution is 5.86. The van der Waals surface area contributed by atoms with Crippen molar-refractivity contribution in [1.82, 2.24) is 0 Å². The minimum absolute atomic E-state index is 0.0780. The molecule has 0 aliphatic carbocycles. The maximum absolute atomic E-state index is 10.7. The van der Waals surface area contributed by atoms with Gasteiger partial charge in [0.2, 0.25) is 0 Å². The van der Waals surface area contributed by atoms with E-state index in [9.17, 15) is 9.90 Å². The summed E-state index contributed by atoms with van der Waals surface area (Å²) in [6, 6.07) is 9.08. The molecule has 1 atom stereocenters. The van der Waals surface area contributed by atoms with Gasteiger partial charge in [-0.25, -0.2) is 4.79 Å². The predicted molar refractivity (Wildman–Crippen MR) is 64.0 cm³/mol. The zero-order valence-electron chi connectivity index (χ0n) is 9.67. The lowest BCUT2D eigenvalue weighted by Gasteiger charge is -2.12. The molecule has 0 bridgehead atoms. The molecule has 17 heavy (non-hydrogen) atoms. The standard InChI is InChI=1S/C13H16O4/c1-2-10(13(15)16)8-11(14)9-17-12-6-4-3-5-7-12/h2-7,11,14H,8-9H2,1H3,(H,15,16)/b10-2-. The summed E-state index contributed by atoms with van der Waals surface area (Å²) in [5.74, 6) is -0.352. The van der Waals surface area contributed by atoms with Gasteiger partial charge in [0.05, 0.1) is 6.10 Å². The molecule has 4 heteroatoms. The normalized spacial score (nSPS) is 13.2. The van der Waals surface area contributed by atoms with Crippen LogP contribution in [0.1, 0.15) is 13.3 Å².